The minimum absolute atomic E-state index is 0.0981. The Hall–Kier alpha value is -2.25. The predicted octanol–water partition coefficient (Wildman–Crippen LogP) is 1.41. The van der Waals surface area contributed by atoms with Crippen LogP contribution in [0.1, 0.15) is 30.3 Å². The number of carboxylic acid groups (broad SMARTS) is 1. The van der Waals surface area contributed by atoms with Crippen LogP contribution in [0.25, 0.3) is 0 Å². The average Bonchev–Trinajstić information content (AvgIpc) is 2.88. The van der Waals surface area contributed by atoms with Crippen LogP contribution < -0.4 is 5.32 Å². The Morgan fingerprint density at radius 3 is 2.80 bits per heavy atom. The number of rotatable bonds is 4. The van der Waals surface area contributed by atoms with Gasteiger partial charge in [0, 0.05) is 19.1 Å². The van der Waals surface area contributed by atoms with E-state index in [4.69, 9.17) is 14.3 Å². The third-order valence-electron chi connectivity index (χ3n) is 3.07. The van der Waals surface area contributed by atoms with E-state index in [1.807, 2.05) is 0 Å². The van der Waals surface area contributed by atoms with Gasteiger partial charge in [-0.1, -0.05) is 0 Å². The zero-order valence-electron chi connectivity index (χ0n) is 11.2. The number of nitrogens with one attached hydrogen (secondary N) is 1. The molecule has 0 spiro atoms. The van der Waals surface area contributed by atoms with Gasteiger partial charge in [-0.3, -0.25) is 0 Å². The van der Waals surface area contributed by atoms with Gasteiger partial charge < -0.3 is 24.5 Å². The summed E-state index contributed by atoms with van der Waals surface area (Å²) in [7, 11) is 0. The molecule has 0 atom stereocenters. The van der Waals surface area contributed by atoms with Gasteiger partial charge in [0.25, 0.3) is 6.01 Å². The van der Waals surface area contributed by atoms with E-state index in [0.717, 1.165) is 19.1 Å². The Morgan fingerprint density at radius 1 is 1.55 bits per heavy atom. The van der Waals surface area contributed by atoms with Gasteiger partial charge in [-0.25, -0.2) is 9.59 Å². The van der Waals surface area contributed by atoms with E-state index in [1.165, 1.54) is 0 Å². The van der Waals surface area contributed by atoms with Crippen molar-refractivity contribution in [3.8, 4) is 0 Å². The number of likely N-dealkylation sites (tertiary alicyclic amines) is 1. The Balaban J connectivity index is 1.82. The Labute approximate surface area is 115 Å². The van der Waals surface area contributed by atoms with Gasteiger partial charge in [-0.15, -0.1) is 0 Å². The largest absolute Gasteiger partial charge is 0.476 e. The zero-order valence-corrected chi connectivity index (χ0v) is 11.2. The van der Waals surface area contributed by atoms with Gasteiger partial charge in [0.05, 0.1) is 6.61 Å². The topological polar surface area (TPSA) is 105 Å². The van der Waals surface area contributed by atoms with E-state index in [-0.39, 0.29) is 23.8 Å². The maximum Gasteiger partial charge on any atom is 0.409 e. The van der Waals surface area contributed by atoms with Crippen molar-refractivity contribution in [2.45, 2.75) is 25.8 Å². The molecule has 110 valence electrons. The molecule has 2 heterocycles. The quantitative estimate of drug-likeness (QED) is 0.860. The van der Waals surface area contributed by atoms with Gasteiger partial charge in [0.1, 0.15) is 6.26 Å². The average molecular weight is 283 g/mol. The Kier molecular flexibility index (Phi) is 4.44. The van der Waals surface area contributed by atoms with Crippen molar-refractivity contribution >= 4 is 18.1 Å². The maximum atomic E-state index is 11.5. The number of carbonyl (C=O) groups excluding carboxylic acids is 1. The van der Waals surface area contributed by atoms with Crippen molar-refractivity contribution in [2.75, 3.05) is 25.0 Å². The number of oxazole rings is 1. The highest BCUT2D eigenvalue weighted by Gasteiger charge is 2.24. The minimum Gasteiger partial charge on any atom is -0.476 e. The molecule has 2 rings (SSSR count). The molecule has 0 unspecified atom stereocenters. The molecule has 1 fully saturated rings. The van der Waals surface area contributed by atoms with Crippen LogP contribution in [0.15, 0.2) is 10.7 Å². The molecule has 0 radical (unpaired) electrons. The molecule has 1 aromatic rings. The number of nitrogens with zero attached hydrogens (tertiary/aromatic N) is 2. The highest BCUT2D eigenvalue weighted by atomic mass is 16.6. The van der Waals surface area contributed by atoms with Crippen LogP contribution in [0.3, 0.4) is 0 Å². The standard InChI is InChI=1S/C12H17N3O5/c1-2-19-12(18)15-5-3-8(4-6-15)13-11-14-9(7-20-11)10(16)17/h7-8H,2-6H2,1H3,(H,13,14)(H,16,17). The normalized spacial score (nSPS) is 15.9. The van der Waals surface area contributed by atoms with Crippen molar-refractivity contribution in [3.63, 3.8) is 0 Å². The lowest BCUT2D eigenvalue weighted by Gasteiger charge is -2.31. The molecule has 0 saturated carbocycles. The van der Waals surface area contributed by atoms with E-state index < -0.39 is 5.97 Å². The van der Waals surface area contributed by atoms with Gasteiger partial charge in [0.15, 0.2) is 5.69 Å². The van der Waals surface area contributed by atoms with Crippen LogP contribution in [0.4, 0.5) is 10.8 Å². The molecule has 1 aromatic heterocycles. The molecule has 0 aliphatic carbocycles. The summed E-state index contributed by atoms with van der Waals surface area (Å²) in [6.07, 6.45) is 2.25. The number of amides is 1. The van der Waals surface area contributed by atoms with Crippen molar-refractivity contribution in [1.82, 2.24) is 9.88 Å². The smallest absolute Gasteiger partial charge is 0.409 e. The van der Waals surface area contributed by atoms with E-state index in [2.05, 4.69) is 10.3 Å². The minimum atomic E-state index is -1.13. The summed E-state index contributed by atoms with van der Waals surface area (Å²) >= 11 is 0. The van der Waals surface area contributed by atoms with Crippen LogP contribution in [0, 0.1) is 0 Å². The maximum absolute atomic E-state index is 11.5. The number of aromatic nitrogens is 1. The van der Waals surface area contributed by atoms with Crippen LogP contribution in [-0.2, 0) is 4.74 Å². The fourth-order valence-corrected chi connectivity index (χ4v) is 2.03. The second-order valence-electron chi connectivity index (χ2n) is 4.45. The number of carbonyl (C=O) groups is 2. The van der Waals surface area contributed by atoms with E-state index in [9.17, 15) is 9.59 Å². The lowest BCUT2D eigenvalue weighted by molar-refractivity contribution is 0.0690. The van der Waals surface area contributed by atoms with Crippen molar-refractivity contribution in [2.24, 2.45) is 0 Å². The van der Waals surface area contributed by atoms with Crippen LogP contribution in [0.5, 0.6) is 0 Å². The third kappa shape index (κ3) is 3.40. The van der Waals surface area contributed by atoms with E-state index in [0.29, 0.717) is 19.7 Å². The molecule has 20 heavy (non-hydrogen) atoms. The summed E-state index contributed by atoms with van der Waals surface area (Å²) < 4.78 is 9.97. The zero-order chi connectivity index (χ0) is 14.5. The predicted molar refractivity (Wildman–Crippen MR) is 68.7 cm³/mol. The number of aromatic carboxylic acids is 1. The van der Waals surface area contributed by atoms with Gasteiger partial charge >= 0.3 is 12.1 Å². The van der Waals surface area contributed by atoms with Crippen molar-refractivity contribution in [3.05, 3.63) is 12.0 Å². The molecule has 1 aliphatic heterocycles. The number of piperidine rings is 1. The molecule has 1 amide bonds. The first kappa shape index (κ1) is 14.2. The first-order valence-corrected chi connectivity index (χ1v) is 6.47. The number of hydrogen-bond acceptors (Lipinski definition) is 6. The van der Waals surface area contributed by atoms with Crippen LogP contribution in [-0.4, -0.2) is 52.8 Å². The summed E-state index contributed by atoms with van der Waals surface area (Å²) in [5, 5.41) is 11.8. The summed E-state index contributed by atoms with van der Waals surface area (Å²) in [6.45, 7) is 3.31. The number of hydrogen-bond donors (Lipinski definition) is 2. The lowest BCUT2D eigenvalue weighted by atomic mass is 10.1. The van der Waals surface area contributed by atoms with Gasteiger partial charge in [-0.2, -0.15) is 4.98 Å². The SMILES string of the molecule is CCOC(=O)N1CCC(Nc2nc(C(=O)O)co2)CC1. The van der Waals surface area contributed by atoms with Gasteiger partial charge in [-0.05, 0) is 19.8 Å². The molecule has 8 nitrogen and oxygen atoms in total. The summed E-state index contributed by atoms with van der Waals surface area (Å²) in [4.78, 5) is 27.7. The third-order valence-corrected chi connectivity index (χ3v) is 3.07. The highest BCUT2D eigenvalue weighted by Crippen LogP contribution is 2.17. The Morgan fingerprint density at radius 2 is 2.25 bits per heavy atom. The van der Waals surface area contributed by atoms with Crippen LogP contribution >= 0.6 is 0 Å². The van der Waals surface area contributed by atoms with E-state index >= 15 is 0 Å². The van der Waals surface area contributed by atoms with Crippen molar-refractivity contribution < 1.29 is 23.8 Å². The second-order valence-corrected chi connectivity index (χ2v) is 4.45. The fraction of sp³-hybridized carbons (Fsp3) is 0.583. The number of ether oxygens (including phenoxy) is 1. The summed E-state index contributed by atoms with van der Waals surface area (Å²) in [6, 6.07) is 0.290. The van der Waals surface area contributed by atoms with Crippen molar-refractivity contribution in [1.29, 1.82) is 0 Å². The summed E-state index contributed by atoms with van der Waals surface area (Å²) in [5.74, 6) is -1.13. The molecular formula is C12H17N3O5. The van der Waals surface area contributed by atoms with E-state index in [1.54, 1.807) is 11.8 Å². The highest BCUT2D eigenvalue weighted by molar-refractivity contribution is 5.85. The molecule has 1 saturated heterocycles. The molecule has 1 aliphatic rings. The Bertz CT molecular complexity index is 479. The second kappa shape index (κ2) is 6.27. The molecular weight excluding hydrogens is 266 g/mol. The molecule has 0 bridgehead atoms. The fourth-order valence-electron chi connectivity index (χ4n) is 2.03. The number of carboxylic acids is 1. The number of anilines is 1. The molecule has 0 aromatic carbocycles. The first-order valence-electron chi connectivity index (χ1n) is 6.47. The molecule has 2 N–H and O–H groups in total. The first-order chi connectivity index (χ1) is 9.60. The van der Waals surface area contributed by atoms with Gasteiger partial charge in [0.2, 0.25) is 0 Å². The lowest BCUT2D eigenvalue weighted by Crippen LogP contribution is -2.42. The summed E-state index contributed by atoms with van der Waals surface area (Å²) in [5.41, 5.74) is -0.128. The monoisotopic (exact) mass is 283 g/mol. The molecule has 8 heteroatoms. The van der Waals surface area contributed by atoms with Crippen LogP contribution in [0.2, 0.25) is 0 Å².